The Bertz CT molecular complexity index is 437. The minimum absolute atomic E-state index is 0.0621. The van der Waals surface area contributed by atoms with Gasteiger partial charge in [0.15, 0.2) is 0 Å². The van der Waals surface area contributed by atoms with E-state index in [4.69, 9.17) is 10.5 Å². The van der Waals surface area contributed by atoms with Crippen LogP contribution in [0.5, 0.6) is 0 Å². The number of nitrogens with one attached hydrogen (secondary N) is 1. The van der Waals surface area contributed by atoms with E-state index < -0.39 is 4.92 Å². The summed E-state index contributed by atoms with van der Waals surface area (Å²) in [5, 5.41) is 14.0. The summed E-state index contributed by atoms with van der Waals surface area (Å²) < 4.78 is 5.37. The van der Waals surface area contributed by atoms with Gasteiger partial charge in [0.25, 0.3) is 0 Å². The molecule has 0 aliphatic carbocycles. The zero-order valence-corrected chi connectivity index (χ0v) is 11.4. The van der Waals surface area contributed by atoms with Crippen molar-refractivity contribution in [2.75, 3.05) is 24.3 Å². The Hall–Kier alpha value is -1.89. The van der Waals surface area contributed by atoms with Gasteiger partial charge in [-0.1, -0.05) is 13.8 Å². The third kappa shape index (κ3) is 4.36. The molecule has 7 nitrogen and oxygen atoms in total. The molecule has 3 N–H and O–H groups in total. The van der Waals surface area contributed by atoms with E-state index in [0.29, 0.717) is 13.2 Å². The lowest BCUT2D eigenvalue weighted by Gasteiger charge is -2.22. The summed E-state index contributed by atoms with van der Waals surface area (Å²) in [4.78, 5) is 14.5. The zero-order chi connectivity index (χ0) is 14.4. The van der Waals surface area contributed by atoms with E-state index in [1.54, 1.807) is 0 Å². The van der Waals surface area contributed by atoms with E-state index in [0.717, 1.165) is 0 Å². The molecule has 0 aliphatic heterocycles. The van der Waals surface area contributed by atoms with Gasteiger partial charge in [0.2, 0.25) is 5.82 Å². The Labute approximate surface area is 112 Å². The molecule has 106 valence electrons. The van der Waals surface area contributed by atoms with Crippen molar-refractivity contribution >= 4 is 17.3 Å². The van der Waals surface area contributed by atoms with Crippen LogP contribution in [0.15, 0.2) is 12.1 Å². The molecule has 0 aromatic carbocycles. The molecule has 0 fully saturated rings. The first-order chi connectivity index (χ1) is 8.95. The number of anilines is 2. The number of nitrogens with zero attached hydrogens (tertiary/aromatic N) is 2. The first-order valence-corrected chi connectivity index (χ1v) is 6.20. The number of nitro groups is 1. The summed E-state index contributed by atoms with van der Waals surface area (Å²) in [7, 11) is 0. The van der Waals surface area contributed by atoms with E-state index in [1.165, 1.54) is 12.1 Å². The molecule has 1 aromatic heterocycles. The number of pyridine rings is 1. The highest BCUT2D eigenvalue weighted by molar-refractivity contribution is 5.59. The van der Waals surface area contributed by atoms with Crippen molar-refractivity contribution in [2.45, 2.75) is 26.8 Å². The van der Waals surface area contributed by atoms with Crippen LogP contribution >= 0.6 is 0 Å². The minimum atomic E-state index is -0.479. The molecular formula is C12H20N4O3. The van der Waals surface area contributed by atoms with Crippen LogP contribution in [0.1, 0.15) is 20.8 Å². The van der Waals surface area contributed by atoms with Crippen molar-refractivity contribution in [1.82, 2.24) is 4.98 Å². The lowest BCUT2D eigenvalue weighted by molar-refractivity contribution is -0.384. The van der Waals surface area contributed by atoms with Crippen LogP contribution in [0.25, 0.3) is 0 Å². The summed E-state index contributed by atoms with van der Waals surface area (Å²) in [6.07, 6.45) is 0. The topological polar surface area (TPSA) is 103 Å². The van der Waals surface area contributed by atoms with Gasteiger partial charge in [-0.3, -0.25) is 10.1 Å². The molecule has 1 unspecified atom stereocenters. The molecule has 1 atom stereocenters. The number of ether oxygens (including phenoxy) is 1. The van der Waals surface area contributed by atoms with E-state index in [9.17, 15) is 10.1 Å². The predicted octanol–water partition coefficient (Wildman–Crippen LogP) is 2.04. The average Bonchev–Trinajstić information content (AvgIpc) is 2.33. The largest absolute Gasteiger partial charge is 0.384 e. The number of nitrogen functional groups attached to an aromatic ring is 1. The van der Waals surface area contributed by atoms with Crippen LogP contribution in [0.4, 0.5) is 17.3 Å². The maximum Gasteiger partial charge on any atom is 0.311 e. The molecule has 0 saturated heterocycles. The highest BCUT2D eigenvalue weighted by atomic mass is 16.6. The Kier molecular flexibility index (Phi) is 5.50. The van der Waals surface area contributed by atoms with E-state index in [-0.39, 0.29) is 29.3 Å². The second-order valence-electron chi connectivity index (χ2n) is 4.52. The molecule has 0 spiro atoms. The molecule has 0 amide bonds. The quantitative estimate of drug-likeness (QED) is 0.579. The van der Waals surface area contributed by atoms with Gasteiger partial charge in [0.1, 0.15) is 5.82 Å². The molecule has 1 aromatic rings. The summed E-state index contributed by atoms with van der Waals surface area (Å²) in [5.41, 5.74) is 5.49. The van der Waals surface area contributed by atoms with Crippen LogP contribution in [0.3, 0.4) is 0 Å². The maximum atomic E-state index is 11.0. The van der Waals surface area contributed by atoms with Crippen molar-refractivity contribution in [2.24, 2.45) is 5.92 Å². The van der Waals surface area contributed by atoms with Gasteiger partial charge in [-0.15, -0.1) is 0 Å². The highest BCUT2D eigenvalue weighted by Crippen LogP contribution is 2.24. The van der Waals surface area contributed by atoms with E-state index in [2.05, 4.69) is 10.3 Å². The minimum Gasteiger partial charge on any atom is -0.384 e. The number of nitrogens with two attached hydrogens (primary N) is 1. The number of rotatable bonds is 7. The molecule has 1 heterocycles. The smallest absolute Gasteiger partial charge is 0.311 e. The van der Waals surface area contributed by atoms with Crippen LogP contribution in [-0.4, -0.2) is 29.2 Å². The Morgan fingerprint density at radius 2 is 2.21 bits per heavy atom. The van der Waals surface area contributed by atoms with Gasteiger partial charge in [0.05, 0.1) is 17.6 Å². The summed E-state index contributed by atoms with van der Waals surface area (Å²) in [5.74, 6) is 0.671. The maximum absolute atomic E-state index is 11.0. The first-order valence-electron chi connectivity index (χ1n) is 6.20. The van der Waals surface area contributed by atoms with Crippen LogP contribution in [0.2, 0.25) is 0 Å². The average molecular weight is 268 g/mol. The van der Waals surface area contributed by atoms with Gasteiger partial charge in [0, 0.05) is 12.7 Å². The lowest BCUT2D eigenvalue weighted by Crippen LogP contribution is -2.31. The Morgan fingerprint density at radius 3 is 2.74 bits per heavy atom. The standard InChI is InChI=1S/C12H20N4O3/c1-4-19-7-9(8(2)3)14-12-10(16(17)18)5-6-11(13)15-12/h5-6,8-9H,4,7H2,1-3H3,(H3,13,14,15). The first kappa shape index (κ1) is 15.2. The molecule has 7 heteroatoms. The van der Waals surface area contributed by atoms with Crippen LogP contribution < -0.4 is 11.1 Å². The molecular weight excluding hydrogens is 248 g/mol. The molecule has 19 heavy (non-hydrogen) atoms. The molecule has 1 rings (SSSR count). The molecule has 0 bridgehead atoms. The summed E-state index contributed by atoms with van der Waals surface area (Å²) >= 11 is 0. The monoisotopic (exact) mass is 268 g/mol. The van der Waals surface area contributed by atoms with Crippen molar-refractivity contribution in [3.8, 4) is 0 Å². The van der Waals surface area contributed by atoms with Crippen molar-refractivity contribution in [3.63, 3.8) is 0 Å². The second-order valence-corrected chi connectivity index (χ2v) is 4.52. The fourth-order valence-electron chi connectivity index (χ4n) is 1.54. The zero-order valence-electron chi connectivity index (χ0n) is 11.4. The van der Waals surface area contributed by atoms with E-state index in [1.807, 2.05) is 20.8 Å². The predicted molar refractivity (Wildman–Crippen MR) is 74.0 cm³/mol. The number of hydrogen-bond donors (Lipinski definition) is 2. The number of aromatic nitrogens is 1. The third-order valence-electron chi connectivity index (χ3n) is 2.72. The van der Waals surface area contributed by atoms with Crippen molar-refractivity contribution in [3.05, 3.63) is 22.2 Å². The van der Waals surface area contributed by atoms with Gasteiger partial charge in [-0.25, -0.2) is 4.98 Å². The van der Waals surface area contributed by atoms with Crippen LogP contribution in [0, 0.1) is 16.0 Å². The summed E-state index contributed by atoms with van der Waals surface area (Å²) in [6.45, 7) is 6.97. The molecule has 0 aliphatic rings. The SMILES string of the molecule is CCOCC(Nc1nc(N)ccc1[N+](=O)[O-])C(C)C. The van der Waals surface area contributed by atoms with Crippen molar-refractivity contribution in [1.29, 1.82) is 0 Å². The van der Waals surface area contributed by atoms with Gasteiger partial charge in [-0.2, -0.15) is 0 Å². The Balaban J connectivity index is 2.94. The Morgan fingerprint density at radius 1 is 1.53 bits per heavy atom. The van der Waals surface area contributed by atoms with Gasteiger partial charge in [-0.05, 0) is 18.9 Å². The van der Waals surface area contributed by atoms with Crippen molar-refractivity contribution < 1.29 is 9.66 Å². The normalized spacial score (nSPS) is 12.4. The second kappa shape index (κ2) is 6.89. The van der Waals surface area contributed by atoms with Gasteiger partial charge >= 0.3 is 5.69 Å². The number of hydrogen-bond acceptors (Lipinski definition) is 6. The summed E-state index contributed by atoms with van der Waals surface area (Å²) in [6, 6.07) is 2.70. The molecule has 0 radical (unpaired) electrons. The fourth-order valence-corrected chi connectivity index (χ4v) is 1.54. The highest BCUT2D eigenvalue weighted by Gasteiger charge is 2.21. The van der Waals surface area contributed by atoms with Crippen LogP contribution in [-0.2, 0) is 4.74 Å². The fraction of sp³-hybridized carbons (Fsp3) is 0.583. The van der Waals surface area contributed by atoms with E-state index >= 15 is 0 Å². The molecule has 0 saturated carbocycles. The van der Waals surface area contributed by atoms with Gasteiger partial charge < -0.3 is 15.8 Å². The third-order valence-corrected chi connectivity index (χ3v) is 2.72. The lowest BCUT2D eigenvalue weighted by atomic mass is 10.1.